The van der Waals surface area contributed by atoms with E-state index in [0.29, 0.717) is 6.26 Å². The van der Waals surface area contributed by atoms with E-state index in [9.17, 15) is 13.2 Å². The lowest BCUT2D eigenvalue weighted by atomic mass is 10.2. The highest BCUT2D eigenvalue weighted by Gasteiger charge is 2.39. The summed E-state index contributed by atoms with van der Waals surface area (Å²) in [6, 6.07) is 0.0278. The zero-order valence-electron chi connectivity index (χ0n) is 7.06. The third-order valence-electron chi connectivity index (χ3n) is 1.66. The van der Waals surface area contributed by atoms with Crippen LogP contribution < -0.4 is 5.32 Å². The first-order chi connectivity index (χ1) is 5.86. The van der Waals surface area contributed by atoms with E-state index in [1.54, 1.807) is 0 Å². The molecule has 2 aliphatic heterocycles. The predicted octanol–water partition coefficient (Wildman–Crippen LogP) is -1.22. The Bertz CT molecular complexity index is 290. The topological polar surface area (TPSA) is 92.7 Å². The first-order valence-electron chi connectivity index (χ1n) is 3.72. The van der Waals surface area contributed by atoms with Crippen LogP contribution in [0.2, 0.25) is 0 Å². The maximum Gasteiger partial charge on any atom is 0.323 e. The number of carbonyl (C=O) groups excluding carboxylic acids is 1. The summed E-state index contributed by atoms with van der Waals surface area (Å²) in [6.07, 6.45) is 1.79. The van der Waals surface area contributed by atoms with Gasteiger partial charge in [0.05, 0.1) is 6.26 Å². The van der Waals surface area contributed by atoms with E-state index in [-0.39, 0.29) is 18.1 Å². The monoisotopic (exact) mass is 209 g/mol. The van der Waals surface area contributed by atoms with Crippen molar-refractivity contribution in [2.75, 3.05) is 12.8 Å². The Morgan fingerprint density at radius 2 is 2.15 bits per heavy atom. The molecule has 2 atom stereocenters. The third-order valence-corrected chi connectivity index (χ3v) is 1.66. The molecule has 0 saturated carbocycles. The lowest BCUT2D eigenvalue weighted by molar-refractivity contribution is -0.145. The number of hydrogen-bond acceptors (Lipinski definition) is 5. The quantitative estimate of drug-likeness (QED) is 0.383. The zero-order valence-corrected chi connectivity index (χ0v) is 7.87. The molecule has 2 aliphatic rings. The van der Waals surface area contributed by atoms with Crippen molar-refractivity contribution < 1.29 is 22.5 Å². The SMILES string of the molecule is CS(=O)(=O)O.O=C1OC2CNC1C2. The number of rotatable bonds is 0. The second kappa shape index (κ2) is 3.60. The van der Waals surface area contributed by atoms with Gasteiger partial charge >= 0.3 is 5.97 Å². The molecular weight excluding hydrogens is 198 g/mol. The average Bonchev–Trinajstić information content (AvgIpc) is 2.41. The van der Waals surface area contributed by atoms with E-state index in [1.165, 1.54) is 0 Å². The molecule has 2 fully saturated rings. The first-order valence-corrected chi connectivity index (χ1v) is 5.57. The summed E-state index contributed by atoms with van der Waals surface area (Å²) in [5, 5.41) is 3.03. The van der Waals surface area contributed by atoms with Gasteiger partial charge in [-0.25, -0.2) is 0 Å². The highest BCUT2D eigenvalue weighted by molar-refractivity contribution is 7.85. The molecule has 0 aromatic carbocycles. The molecule has 0 aliphatic carbocycles. The van der Waals surface area contributed by atoms with Crippen molar-refractivity contribution in [1.82, 2.24) is 5.32 Å². The van der Waals surface area contributed by atoms with Gasteiger partial charge in [-0.2, -0.15) is 8.42 Å². The van der Waals surface area contributed by atoms with Gasteiger partial charge in [0.25, 0.3) is 10.1 Å². The minimum Gasteiger partial charge on any atom is -0.460 e. The molecule has 13 heavy (non-hydrogen) atoms. The summed E-state index contributed by atoms with van der Waals surface area (Å²) in [6.45, 7) is 0.858. The van der Waals surface area contributed by atoms with Gasteiger partial charge in [0.15, 0.2) is 0 Å². The van der Waals surface area contributed by atoms with Gasteiger partial charge in [0, 0.05) is 13.0 Å². The summed E-state index contributed by atoms with van der Waals surface area (Å²) in [7, 11) is -3.67. The van der Waals surface area contributed by atoms with E-state index in [1.807, 2.05) is 0 Å². The van der Waals surface area contributed by atoms with E-state index < -0.39 is 10.1 Å². The van der Waals surface area contributed by atoms with Gasteiger partial charge in [-0.15, -0.1) is 0 Å². The van der Waals surface area contributed by atoms with Gasteiger partial charge in [0.2, 0.25) is 0 Å². The second-order valence-corrected chi connectivity index (χ2v) is 4.45. The molecule has 2 saturated heterocycles. The smallest absolute Gasteiger partial charge is 0.323 e. The predicted molar refractivity (Wildman–Crippen MR) is 43.8 cm³/mol. The zero-order chi connectivity index (χ0) is 10.1. The van der Waals surface area contributed by atoms with E-state index >= 15 is 0 Å². The number of nitrogens with one attached hydrogen (secondary N) is 1. The van der Waals surface area contributed by atoms with Gasteiger partial charge in [-0.3, -0.25) is 9.35 Å². The van der Waals surface area contributed by atoms with Crippen LogP contribution in [0.25, 0.3) is 0 Å². The van der Waals surface area contributed by atoms with Crippen molar-refractivity contribution in [2.45, 2.75) is 18.6 Å². The van der Waals surface area contributed by atoms with Crippen LogP contribution in [0.4, 0.5) is 0 Å². The molecule has 2 bridgehead atoms. The van der Waals surface area contributed by atoms with Crippen LogP contribution in [0.15, 0.2) is 0 Å². The minimum atomic E-state index is -3.67. The van der Waals surface area contributed by atoms with Crippen LogP contribution >= 0.6 is 0 Å². The molecule has 2 unspecified atom stereocenters. The first kappa shape index (κ1) is 10.4. The summed E-state index contributed by atoms with van der Waals surface area (Å²) in [5.74, 6) is -0.0683. The Morgan fingerprint density at radius 3 is 2.31 bits per heavy atom. The maximum atomic E-state index is 10.6. The van der Waals surface area contributed by atoms with Crippen LogP contribution in [-0.4, -0.2) is 43.9 Å². The number of carbonyl (C=O) groups is 1. The van der Waals surface area contributed by atoms with E-state index in [2.05, 4.69) is 5.32 Å². The molecule has 2 N–H and O–H groups in total. The fourth-order valence-electron chi connectivity index (χ4n) is 1.22. The van der Waals surface area contributed by atoms with Crippen molar-refractivity contribution in [1.29, 1.82) is 0 Å². The normalized spacial score (nSPS) is 30.8. The number of esters is 1. The van der Waals surface area contributed by atoms with Gasteiger partial charge in [-0.05, 0) is 0 Å². The van der Waals surface area contributed by atoms with Crippen LogP contribution in [0.1, 0.15) is 6.42 Å². The van der Waals surface area contributed by atoms with Crippen molar-refractivity contribution in [3.05, 3.63) is 0 Å². The highest BCUT2D eigenvalue weighted by atomic mass is 32.2. The molecule has 0 radical (unpaired) electrons. The molecule has 0 amide bonds. The summed E-state index contributed by atoms with van der Waals surface area (Å²) < 4.78 is 30.7. The number of ether oxygens (including phenoxy) is 1. The minimum absolute atomic E-state index is 0.0278. The van der Waals surface area contributed by atoms with Gasteiger partial charge < -0.3 is 10.1 Å². The fourth-order valence-corrected chi connectivity index (χ4v) is 1.22. The number of morpholine rings is 1. The summed E-state index contributed by atoms with van der Waals surface area (Å²) >= 11 is 0. The molecule has 6 nitrogen and oxygen atoms in total. The van der Waals surface area contributed by atoms with Crippen LogP contribution in [0.3, 0.4) is 0 Å². The van der Waals surface area contributed by atoms with Crippen molar-refractivity contribution in [2.24, 2.45) is 0 Å². The van der Waals surface area contributed by atoms with Crippen molar-refractivity contribution >= 4 is 16.1 Å². The fraction of sp³-hybridized carbons (Fsp3) is 0.833. The Morgan fingerprint density at radius 1 is 1.62 bits per heavy atom. The van der Waals surface area contributed by atoms with E-state index in [4.69, 9.17) is 9.29 Å². The molecule has 0 spiro atoms. The third kappa shape index (κ3) is 3.71. The number of fused-ring (bicyclic) bond motifs is 2. The standard InChI is InChI=1S/C5H7NO2.CH4O3S/c7-5-4-1-3(8-5)2-6-4;1-5(2,3)4/h3-4,6H,1-2H2;1H3,(H,2,3,4). The van der Waals surface area contributed by atoms with Crippen LogP contribution in [0.5, 0.6) is 0 Å². The maximum absolute atomic E-state index is 10.6. The Kier molecular flexibility index (Phi) is 2.89. The Labute approximate surface area is 76.0 Å². The molecule has 0 aromatic rings. The Balaban J connectivity index is 0.000000149. The van der Waals surface area contributed by atoms with Crippen LogP contribution in [0, 0.1) is 0 Å². The largest absolute Gasteiger partial charge is 0.460 e. The molecule has 2 rings (SSSR count). The molecule has 76 valence electrons. The van der Waals surface area contributed by atoms with Crippen LogP contribution in [-0.2, 0) is 19.6 Å². The summed E-state index contributed by atoms with van der Waals surface area (Å²) in [5.41, 5.74) is 0. The van der Waals surface area contributed by atoms with E-state index in [0.717, 1.165) is 13.0 Å². The average molecular weight is 209 g/mol. The second-order valence-electron chi connectivity index (χ2n) is 2.99. The lowest BCUT2D eigenvalue weighted by Crippen LogP contribution is -2.35. The van der Waals surface area contributed by atoms with Gasteiger partial charge in [-0.1, -0.05) is 0 Å². The number of hydrogen-bond donors (Lipinski definition) is 2. The lowest BCUT2D eigenvalue weighted by Gasteiger charge is -2.09. The molecule has 7 heteroatoms. The van der Waals surface area contributed by atoms with Crippen molar-refractivity contribution in [3.63, 3.8) is 0 Å². The van der Waals surface area contributed by atoms with Crippen molar-refractivity contribution in [3.8, 4) is 0 Å². The molecule has 0 aromatic heterocycles. The van der Waals surface area contributed by atoms with Gasteiger partial charge in [0.1, 0.15) is 12.1 Å². The highest BCUT2D eigenvalue weighted by Crippen LogP contribution is 2.19. The molecule has 2 heterocycles. The Hall–Kier alpha value is -0.660. The molecular formula is C6H11NO5S. The summed E-state index contributed by atoms with van der Waals surface area (Å²) in [4.78, 5) is 10.6.